The highest BCUT2D eigenvalue weighted by Crippen LogP contribution is 2.57. The van der Waals surface area contributed by atoms with Gasteiger partial charge in [-0.2, -0.15) is 13.2 Å². The zero-order chi connectivity index (χ0) is 46.1. The Morgan fingerprint density at radius 2 is 1.91 bits per heavy atom. The molecule has 10 rings (SSSR count). The average molecular weight is 933 g/mol. The number of benzene rings is 1. The summed E-state index contributed by atoms with van der Waals surface area (Å²) < 4.78 is 64.1. The predicted octanol–water partition coefficient (Wildman–Crippen LogP) is 6.31. The first-order chi connectivity index (χ1) is 31.6. The van der Waals surface area contributed by atoms with Crippen LogP contribution in [0.5, 0.6) is 0 Å². The number of methoxy groups -OCH3 is 1. The molecule has 0 spiro atoms. The fourth-order valence-electron chi connectivity index (χ4n) is 11.2. The predicted molar refractivity (Wildman–Crippen MR) is 242 cm³/mol. The summed E-state index contributed by atoms with van der Waals surface area (Å²) in [6, 6.07) is 5.82. The van der Waals surface area contributed by atoms with Crippen LogP contribution in [0.4, 0.5) is 18.9 Å². The summed E-state index contributed by atoms with van der Waals surface area (Å²) in [5.41, 5.74) is 6.88. The van der Waals surface area contributed by atoms with Crippen molar-refractivity contribution in [1.29, 1.82) is 0 Å². The number of hydrazine groups is 1. The Hall–Kier alpha value is -4.62. The fourth-order valence-corrected chi connectivity index (χ4v) is 12.1. The molecule has 4 aromatic rings. The number of ether oxygens (including phenoxy) is 3. The van der Waals surface area contributed by atoms with E-state index in [1.165, 1.54) is 20.9 Å². The number of rotatable bonds is 7. The number of amides is 2. The van der Waals surface area contributed by atoms with Gasteiger partial charge in [-0.3, -0.25) is 29.3 Å². The number of halogens is 3. The normalized spacial score (nSPS) is 27.5. The van der Waals surface area contributed by atoms with Crippen LogP contribution < -0.4 is 15.6 Å². The second kappa shape index (κ2) is 17.8. The molecule has 2 saturated carbocycles. The van der Waals surface area contributed by atoms with Crippen LogP contribution in [0.2, 0.25) is 0 Å². The lowest BCUT2D eigenvalue weighted by Crippen LogP contribution is -2.60. The second-order valence-corrected chi connectivity index (χ2v) is 20.9. The molecule has 0 radical (unpaired) electrons. The van der Waals surface area contributed by atoms with Gasteiger partial charge >= 0.3 is 12.1 Å². The third-order valence-corrected chi connectivity index (χ3v) is 15.6. The lowest BCUT2D eigenvalue weighted by molar-refractivity contribution is -0.155. The summed E-state index contributed by atoms with van der Waals surface area (Å²) >= 11 is 1.36. The standard InChI is InChI=1S/C48H59F3N8O6S/c1-27(63-4)42-34(18-29(21-52-42)57-14-13-56-15-16-64-23-30(56)22-57)43-35-20-47(2,3)26-65-46(62)36-9-6-12-59(55-36)45(61)37(54-44(60)41-31-7-5-8-32(31)41)19-40-53-38(24-66-40)28-10-11-39(33(35)17-28)58(43)25-48(49,50)51/h10-11,17-18,21,24,27,30-32,36-37,41,55H,5-9,12-16,19-20,22-23,25-26H2,1-4H3,(H,54,60)/t27-,30-,31-,32+,36-,37-,41?/m0/s1. The van der Waals surface area contributed by atoms with Crippen LogP contribution in [0.3, 0.4) is 0 Å². The van der Waals surface area contributed by atoms with E-state index in [9.17, 15) is 14.4 Å². The van der Waals surface area contributed by atoms with Crippen molar-refractivity contribution in [2.45, 2.75) is 103 Å². The SMILES string of the molecule is CO[C@@H](C)c1ncc(N2CCN3CCOC[C@@H]3C2)cc1-c1c2c3cc(ccc3n1CC(F)(F)F)-c1csc(n1)C[C@H](NC(=O)C1[C@H]3CCC[C@@H]13)C(=O)N1CCC[C@H](N1)C(=O)OCC(C)(C)C2. The van der Waals surface area contributed by atoms with Gasteiger partial charge in [-0.25, -0.2) is 10.4 Å². The van der Waals surface area contributed by atoms with Crippen molar-refractivity contribution in [3.8, 4) is 22.5 Å². The van der Waals surface area contributed by atoms with Crippen molar-refractivity contribution in [3.05, 3.63) is 52.1 Å². The number of thiazole rings is 1. The van der Waals surface area contributed by atoms with Crippen molar-refractivity contribution < 1.29 is 41.8 Å². The Morgan fingerprint density at radius 3 is 2.70 bits per heavy atom. The number of pyridine rings is 1. The van der Waals surface area contributed by atoms with E-state index < -0.39 is 42.3 Å². The number of alkyl halides is 3. The number of carbonyl (C=O) groups excluding carboxylic acids is 3. The van der Waals surface area contributed by atoms with Gasteiger partial charge in [0, 0.05) is 85.0 Å². The number of esters is 1. The van der Waals surface area contributed by atoms with Gasteiger partial charge in [0.05, 0.1) is 65.9 Å². The van der Waals surface area contributed by atoms with Crippen LogP contribution in [-0.2, 0) is 48.0 Å². The van der Waals surface area contributed by atoms with Crippen molar-refractivity contribution in [2.24, 2.45) is 23.2 Å². The fraction of sp³-hybridized carbons (Fsp3) is 0.604. The Kier molecular flexibility index (Phi) is 12.2. The Labute approximate surface area is 386 Å². The highest BCUT2D eigenvalue weighted by Gasteiger charge is 2.57. The molecule has 2 amide bonds. The van der Waals surface area contributed by atoms with Crippen molar-refractivity contribution in [2.75, 3.05) is 64.6 Å². The van der Waals surface area contributed by atoms with E-state index in [2.05, 4.69) is 20.5 Å². The monoisotopic (exact) mass is 932 g/mol. The minimum atomic E-state index is -4.59. The van der Waals surface area contributed by atoms with Crippen molar-refractivity contribution in [1.82, 2.24) is 35.2 Å². The zero-order valence-corrected chi connectivity index (χ0v) is 38.8. The number of nitrogens with zero attached hydrogens (tertiary/aromatic N) is 6. The highest BCUT2D eigenvalue weighted by atomic mass is 32.1. The number of hydrogen-bond acceptors (Lipinski definition) is 12. The number of fused-ring (bicyclic) bond motifs is 8. The van der Waals surface area contributed by atoms with Gasteiger partial charge < -0.3 is 29.0 Å². The largest absolute Gasteiger partial charge is 0.464 e. The van der Waals surface area contributed by atoms with Crippen LogP contribution in [0, 0.1) is 23.2 Å². The zero-order valence-electron chi connectivity index (χ0n) is 38.0. The van der Waals surface area contributed by atoms with Crippen LogP contribution in [0.1, 0.15) is 75.2 Å². The molecule has 5 fully saturated rings. The molecule has 6 bridgehead atoms. The number of anilines is 1. The number of hydrogen-bond donors (Lipinski definition) is 2. The number of morpholine rings is 1. The maximum Gasteiger partial charge on any atom is 0.406 e. The maximum atomic E-state index is 15.0. The van der Waals surface area contributed by atoms with Gasteiger partial charge in [0.2, 0.25) is 5.91 Å². The van der Waals surface area contributed by atoms with Crippen LogP contribution in [0.25, 0.3) is 33.4 Å². The average Bonchev–Trinajstić information content (AvgIpc) is 3.61. The third-order valence-electron chi connectivity index (χ3n) is 14.8. The summed E-state index contributed by atoms with van der Waals surface area (Å²) in [4.78, 5) is 56.5. The summed E-state index contributed by atoms with van der Waals surface area (Å²) in [5, 5.41) is 7.64. The van der Waals surface area contributed by atoms with Gasteiger partial charge in [0.1, 0.15) is 18.6 Å². The molecule has 66 heavy (non-hydrogen) atoms. The van der Waals surface area contributed by atoms with Gasteiger partial charge in [-0.1, -0.05) is 26.3 Å². The molecule has 2 N–H and O–H groups in total. The summed E-state index contributed by atoms with van der Waals surface area (Å²) in [5.74, 6) is -0.388. The Balaban J connectivity index is 1.10. The minimum Gasteiger partial charge on any atom is -0.464 e. The quantitative estimate of drug-likeness (QED) is 0.202. The van der Waals surface area contributed by atoms with Gasteiger partial charge in [0.25, 0.3) is 5.91 Å². The molecule has 4 aliphatic heterocycles. The van der Waals surface area contributed by atoms with E-state index >= 15 is 13.2 Å². The van der Waals surface area contributed by atoms with Gasteiger partial charge in [0.15, 0.2) is 0 Å². The molecule has 3 aromatic heterocycles. The molecule has 6 aliphatic rings. The van der Waals surface area contributed by atoms with Crippen LogP contribution >= 0.6 is 11.3 Å². The molecule has 354 valence electrons. The Morgan fingerprint density at radius 1 is 1.09 bits per heavy atom. The maximum absolute atomic E-state index is 15.0. The lowest BCUT2D eigenvalue weighted by Gasteiger charge is -2.44. The first kappa shape index (κ1) is 45.2. The highest BCUT2D eigenvalue weighted by molar-refractivity contribution is 7.10. The molecule has 1 aromatic carbocycles. The van der Waals surface area contributed by atoms with Crippen molar-refractivity contribution >= 4 is 45.7 Å². The summed E-state index contributed by atoms with van der Waals surface area (Å²) in [6.07, 6.45) is 1.13. The topological polar surface area (TPSA) is 143 Å². The van der Waals surface area contributed by atoms with Crippen LogP contribution in [0.15, 0.2) is 35.8 Å². The number of piperazine rings is 1. The molecule has 18 heteroatoms. The van der Waals surface area contributed by atoms with E-state index in [1.54, 1.807) is 25.4 Å². The molecule has 7 atom stereocenters. The van der Waals surface area contributed by atoms with Crippen LogP contribution in [-0.4, -0.2) is 126 Å². The van der Waals surface area contributed by atoms with E-state index in [4.69, 9.17) is 24.2 Å². The molecule has 1 unspecified atom stereocenters. The number of nitrogens with one attached hydrogen (secondary N) is 2. The van der Waals surface area contributed by atoms with Crippen molar-refractivity contribution in [3.63, 3.8) is 0 Å². The van der Waals surface area contributed by atoms with Gasteiger partial charge in [-0.05, 0) is 74.6 Å². The molecule has 7 heterocycles. The van der Waals surface area contributed by atoms with Gasteiger partial charge in [-0.15, -0.1) is 11.3 Å². The van der Waals surface area contributed by atoms with E-state index in [0.717, 1.165) is 44.6 Å². The molecular formula is C48H59F3N8O6S. The molecule has 14 nitrogen and oxygen atoms in total. The number of aromatic nitrogens is 3. The number of carbonyl (C=O) groups is 3. The number of cyclic esters (lactones) is 1. The smallest absolute Gasteiger partial charge is 0.406 e. The third kappa shape index (κ3) is 8.95. The molecule has 2 aliphatic carbocycles. The lowest BCUT2D eigenvalue weighted by atomic mass is 9.84. The van der Waals surface area contributed by atoms with E-state index in [-0.39, 0.29) is 43.2 Å². The Bertz CT molecular complexity index is 2500. The second-order valence-electron chi connectivity index (χ2n) is 19.9. The summed E-state index contributed by atoms with van der Waals surface area (Å²) in [6.45, 7) is 9.17. The molecular weight excluding hydrogens is 874 g/mol. The van der Waals surface area contributed by atoms with E-state index in [0.29, 0.717) is 101 Å². The summed E-state index contributed by atoms with van der Waals surface area (Å²) in [7, 11) is 1.56. The minimum absolute atomic E-state index is 0.0474. The molecule has 3 saturated heterocycles. The first-order valence-electron chi connectivity index (χ1n) is 23.5. The first-order valence-corrected chi connectivity index (χ1v) is 24.3. The van der Waals surface area contributed by atoms with E-state index in [1.807, 2.05) is 38.3 Å².